The molecule has 0 aliphatic carbocycles. The van der Waals surface area contributed by atoms with E-state index in [1.165, 1.54) is 250 Å². The maximum absolute atomic E-state index is 12.6. The molecule has 0 aliphatic rings. The van der Waals surface area contributed by atoms with Gasteiger partial charge in [-0.25, -0.2) is 0 Å². The van der Waals surface area contributed by atoms with E-state index in [1.54, 1.807) is 0 Å². The third kappa shape index (κ3) is 52.9. The highest BCUT2D eigenvalue weighted by atomic mass is 16.3. The van der Waals surface area contributed by atoms with Gasteiger partial charge in [0.25, 0.3) is 0 Å². The molecule has 0 rings (SSSR count). The van der Waals surface area contributed by atoms with Crippen molar-refractivity contribution in [2.75, 3.05) is 6.61 Å². The van der Waals surface area contributed by atoms with Crippen LogP contribution in [0.2, 0.25) is 0 Å². The molecule has 0 aromatic heterocycles. The second-order valence-corrected chi connectivity index (χ2v) is 21.7. The van der Waals surface area contributed by atoms with E-state index in [0.717, 1.165) is 44.9 Å². The van der Waals surface area contributed by atoms with Gasteiger partial charge in [-0.3, -0.25) is 4.79 Å². The third-order valence-electron chi connectivity index (χ3n) is 14.7. The second kappa shape index (κ2) is 59.2. The summed E-state index contributed by atoms with van der Waals surface area (Å²) in [7, 11) is 0. The predicted octanol–water partition coefficient (Wildman–Crippen LogP) is 18.9. The molecule has 6 nitrogen and oxygen atoms in total. The highest BCUT2D eigenvalue weighted by Gasteiger charge is 2.28. The molecular formula is C65H123NO5. The number of aliphatic hydroxyl groups excluding tert-OH is 4. The molecular weight excluding hydrogens is 875 g/mol. The van der Waals surface area contributed by atoms with E-state index < -0.39 is 36.9 Å². The molecule has 5 N–H and O–H groups in total. The molecule has 0 spiro atoms. The number of amides is 1. The van der Waals surface area contributed by atoms with Crippen molar-refractivity contribution in [3.05, 3.63) is 48.6 Å². The van der Waals surface area contributed by atoms with Gasteiger partial charge in [-0.2, -0.15) is 0 Å². The zero-order valence-electron chi connectivity index (χ0n) is 47.5. The van der Waals surface area contributed by atoms with Crippen molar-refractivity contribution in [3.63, 3.8) is 0 Å². The topological polar surface area (TPSA) is 110 Å². The number of allylic oxidation sites excluding steroid dienone is 8. The van der Waals surface area contributed by atoms with E-state index in [4.69, 9.17) is 0 Å². The Morgan fingerprint density at radius 1 is 0.352 bits per heavy atom. The molecule has 0 aromatic carbocycles. The van der Waals surface area contributed by atoms with Crippen LogP contribution in [0.1, 0.15) is 328 Å². The SMILES string of the molecule is CCCCCCCCCCCCC/C=C\C/C=C\CCCCCCCCCCCCCCCCCCC(O)C(=O)NC(CO)C(O)C(O)CCC/C=C/CC/C=C/CCCCCCCCCCCCCC. The van der Waals surface area contributed by atoms with Gasteiger partial charge >= 0.3 is 0 Å². The van der Waals surface area contributed by atoms with Gasteiger partial charge < -0.3 is 25.7 Å². The first kappa shape index (κ1) is 69.3. The van der Waals surface area contributed by atoms with E-state index >= 15 is 0 Å². The summed E-state index contributed by atoms with van der Waals surface area (Å²) < 4.78 is 0. The number of carbonyl (C=O) groups is 1. The van der Waals surface area contributed by atoms with Crippen LogP contribution in [0.3, 0.4) is 0 Å². The standard InChI is InChI=1S/C65H123NO5/c1-3-5-7-9-11-13-15-17-19-21-23-25-26-27-28-29-30-31-32-33-34-35-36-37-39-41-43-45-47-49-51-53-55-57-59-63(69)65(71)66-61(60-67)64(70)62(68)58-56-54-52-50-48-46-44-42-40-38-24-22-20-18-16-14-12-10-8-6-4-2/h26-27,29-30,42,44,50,52,61-64,67-70H,3-25,28,31-41,43,45-49,51,53-60H2,1-2H3,(H,66,71)/b27-26-,30-29-,44-42+,52-50+. The molecule has 71 heavy (non-hydrogen) atoms. The first-order valence-electron chi connectivity index (χ1n) is 31.5. The lowest BCUT2D eigenvalue weighted by Gasteiger charge is -2.27. The van der Waals surface area contributed by atoms with Gasteiger partial charge in [-0.05, 0) is 83.5 Å². The van der Waals surface area contributed by atoms with Gasteiger partial charge in [0, 0.05) is 0 Å². The Balaban J connectivity index is 3.62. The van der Waals surface area contributed by atoms with E-state index in [9.17, 15) is 25.2 Å². The van der Waals surface area contributed by atoms with Crippen LogP contribution in [-0.2, 0) is 4.79 Å². The summed E-state index contributed by atoms with van der Waals surface area (Å²) >= 11 is 0. The van der Waals surface area contributed by atoms with Crippen LogP contribution >= 0.6 is 0 Å². The lowest BCUT2D eigenvalue weighted by Crippen LogP contribution is -2.53. The van der Waals surface area contributed by atoms with Gasteiger partial charge in [-0.1, -0.05) is 294 Å². The van der Waals surface area contributed by atoms with Crippen LogP contribution in [0.5, 0.6) is 0 Å². The summed E-state index contributed by atoms with van der Waals surface area (Å²) in [5.74, 6) is -0.594. The zero-order chi connectivity index (χ0) is 51.6. The van der Waals surface area contributed by atoms with E-state index in [1.807, 2.05) is 0 Å². The van der Waals surface area contributed by atoms with Crippen molar-refractivity contribution in [1.29, 1.82) is 0 Å². The fourth-order valence-electron chi connectivity index (χ4n) is 9.81. The van der Waals surface area contributed by atoms with Crippen LogP contribution in [0, 0.1) is 0 Å². The Morgan fingerprint density at radius 2 is 0.634 bits per heavy atom. The molecule has 1 amide bonds. The molecule has 0 aliphatic heterocycles. The molecule has 0 radical (unpaired) electrons. The maximum atomic E-state index is 12.6. The third-order valence-corrected chi connectivity index (χ3v) is 14.7. The maximum Gasteiger partial charge on any atom is 0.249 e. The fraction of sp³-hybridized carbons (Fsp3) is 0.862. The monoisotopic (exact) mass is 998 g/mol. The average Bonchev–Trinajstić information content (AvgIpc) is 3.38. The second-order valence-electron chi connectivity index (χ2n) is 21.7. The fourth-order valence-corrected chi connectivity index (χ4v) is 9.81. The Labute approximate surface area is 442 Å². The summed E-state index contributed by atoms with van der Waals surface area (Å²) in [4.78, 5) is 12.6. The smallest absolute Gasteiger partial charge is 0.249 e. The predicted molar refractivity (Wildman–Crippen MR) is 311 cm³/mol. The number of nitrogens with one attached hydrogen (secondary N) is 1. The molecule has 0 saturated heterocycles. The number of aliphatic hydroxyl groups is 4. The van der Waals surface area contributed by atoms with Crippen LogP contribution in [0.25, 0.3) is 0 Å². The molecule has 0 heterocycles. The van der Waals surface area contributed by atoms with Gasteiger partial charge in [0.05, 0.1) is 18.8 Å². The summed E-state index contributed by atoms with van der Waals surface area (Å²) in [6.07, 6.45) is 76.4. The van der Waals surface area contributed by atoms with Gasteiger partial charge in [0.2, 0.25) is 5.91 Å². The lowest BCUT2D eigenvalue weighted by molar-refractivity contribution is -0.132. The minimum atomic E-state index is -1.29. The van der Waals surface area contributed by atoms with Crippen LogP contribution < -0.4 is 5.32 Å². The average molecular weight is 999 g/mol. The van der Waals surface area contributed by atoms with Crippen molar-refractivity contribution < 1.29 is 25.2 Å². The Hall–Kier alpha value is -1.73. The van der Waals surface area contributed by atoms with E-state index in [2.05, 4.69) is 67.8 Å². The first-order valence-corrected chi connectivity index (χ1v) is 31.5. The van der Waals surface area contributed by atoms with Crippen molar-refractivity contribution in [2.24, 2.45) is 0 Å². The minimum absolute atomic E-state index is 0.360. The van der Waals surface area contributed by atoms with Crippen LogP contribution in [0.4, 0.5) is 0 Å². The van der Waals surface area contributed by atoms with Gasteiger partial charge in [0.15, 0.2) is 0 Å². The summed E-state index contributed by atoms with van der Waals surface area (Å²) in [6, 6.07) is -1.01. The van der Waals surface area contributed by atoms with Crippen molar-refractivity contribution in [1.82, 2.24) is 5.32 Å². The number of unbranched alkanes of at least 4 members (excludes halogenated alkanes) is 41. The molecule has 0 aromatic rings. The van der Waals surface area contributed by atoms with Crippen LogP contribution in [-0.4, -0.2) is 57.3 Å². The molecule has 0 fully saturated rings. The molecule has 0 saturated carbocycles. The van der Waals surface area contributed by atoms with Crippen molar-refractivity contribution >= 4 is 5.91 Å². The number of carbonyl (C=O) groups excluding carboxylic acids is 1. The Kier molecular flexibility index (Phi) is 57.7. The van der Waals surface area contributed by atoms with Gasteiger partial charge in [-0.15, -0.1) is 0 Å². The van der Waals surface area contributed by atoms with Crippen molar-refractivity contribution in [3.8, 4) is 0 Å². The normalized spacial score (nSPS) is 13.9. The van der Waals surface area contributed by atoms with Crippen molar-refractivity contribution in [2.45, 2.75) is 353 Å². The highest BCUT2D eigenvalue weighted by molar-refractivity contribution is 5.80. The first-order chi connectivity index (χ1) is 35.0. The van der Waals surface area contributed by atoms with Gasteiger partial charge in [0.1, 0.15) is 12.2 Å². The number of rotatable bonds is 58. The Morgan fingerprint density at radius 3 is 0.972 bits per heavy atom. The molecule has 418 valence electrons. The molecule has 0 bridgehead atoms. The number of hydrogen-bond donors (Lipinski definition) is 5. The quantitative estimate of drug-likeness (QED) is 0.0308. The summed E-state index contributed by atoms with van der Waals surface area (Å²) in [6.45, 7) is 4.07. The largest absolute Gasteiger partial charge is 0.394 e. The lowest BCUT2D eigenvalue weighted by atomic mass is 10.00. The van der Waals surface area contributed by atoms with E-state index in [-0.39, 0.29) is 0 Å². The molecule has 4 atom stereocenters. The summed E-state index contributed by atoms with van der Waals surface area (Å²) in [5, 5.41) is 44.0. The van der Waals surface area contributed by atoms with E-state index in [0.29, 0.717) is 19.3 Å². The zero-order valence-corrected chi connectivity index (χ0v) is 47.5. The Bertz CT molecular complexity index is 1170. The van der Waals surface area contributed by atoms with Crippen LogP contribution in [0.15, 0.2) is 48.6 Å². The minimum Gasteiger partial charge on any atom is -0.394 e. The molecule has 4 unspecified atom stereocenters. The molecule has 6 heteroatoms. The number of hydrogen-bond acceptors (Lipinski definition) is 5. The highest BCUT2D eigenvalue weighted by Crippen LogP contribution is 2.18. The summed E-state index contributed by atoms with van der Waals surface area (Å²) in [5.41, 5.74) is 0.